The van der Waals surface area contributed by atoms with E-state index in [4.69, 9.17) is 5.73 Å². The third-order valence-electron chi connectivity index (χ3n) is 5.24. The van der Waals surface area contributed by atoms with E-state index in [9.17, 15) is 5.11 Å². The average Bonchev–Trinajstić information content (AvgIpc) is 2.64. The Labute approximate surface area is 162 Å². The molecule has 2 nitrogen and oxygen atoms in total. The summed E-state index contributed by atoms with van der Waals surface area (Å²) in [7, 11) is 0. The van der Waals surface area contributed by atoms with Gasteiger partial charge in [0.25, 0.3) is 0 Å². The van der Waals surface area contributed by atoms with Crippen molar-refractivity contribution in [2.24, 2.45) is 0 Å². The van der Waals surface area contributed by atoms with Crippen LogP contribution in [0.25, 0.3) is 10.8 Å². The number of nitrogens with two attached hydrogens (primary N) is 1. The fourth-order valence-electron chi connectivity index (χ4n) is 3.43. The summed E-state index contributed by atoms with van der Waals surface area (Å²) in [5.74, 6) is 0.284. The molecule has 3 rings (SSSR count). The first-order chi connectivity index (χ1) is 11.8. The second kappa shape index (κ2) is 6.30. The van der Waals surface area contributed by atoms with Crippen LogP contribution in [0.3, 0.4) is 0 Å². The van der Waals surface area contributed by atoms with Crippen LogP contribution in [0.1, 0.15) is 13.8 Å². The van der Waals surface area contributed by atoms with Crippen molar-refractivity contribution >= 4 is 53.4 Å². The van der Waals surface area contributed by atoms with Crippen molar-refractivity contribution in [2.45, 2.75) is 13.8 Å². The van der Waals surface area contributed by atoms with Gasteiger partial charge >= 0.3 is 163 Å². The number of benzene rings is 3. The van der Waals surface area contributed by atoms with Crippen LogP contribution in [0, 0.1) is 0 Å². The van der Waals surface area contributed by atoms with Crippen molar-refractivity contribution in [1.29, 1.82) is 0 Å². The first kappa shape index (κ1) is 18.2. The molecule has 0 aliphatic rings. The first-order valence-electron chi connectivity index (χ1n) is 8.23. The van der Waals surface area contributed by atoms with Crippen molar-refractivity contribution in [3.63, 3.8) is 0 Å². The fourth-order valence-corrected chi connectivity index (χ4v) is 10.1. The summed E-state index contributed by atoms with van der Waals surface area (Å²) >= 11 is 2.61. The average molecular weight is 463 g/mol. The Morgan fingerprint density at radius 2 is 1.60 bits per heavy atom. The molecule has 0 amide bonds. The summed E-state index contributed by atoms with van der Waals surface area (Å²) in [5, 5.41) is 16.0. The predicted octanol–water partition coefficient (Wildman–Crippen LogP) is 5.54. The molecule has 0 aliphatic heterocycles. The van der Waals surface area contributed by atoms with Gasteiger partial charge in [-0.25, -0.2) is 0 Å². The second-order valence-electron chi connectivity index (χ2n) is 6.57. The molecule has 0 saturated carbocycles. The summed E-state index contributed by atoms with van der Waals surface area (Å²) < 4.78 is -2.75. The summed E-state index contributed by atoms with van der Waals surface area (Å²) in [4.78, 5) is 0. The number of halogens is 1. The fraction of sp³-hybridized carbons (Fsp3) is 0.143. The van der Waals surface area contributed by atoms with Gasteiger partial charge in [0.15, 0.2) is 0 Å². The van der Waals surface area contributed by atoms with Gasteiger partial charge in [0, 0.05) is 0 Å². The van der Waals surface area contributed by atoms with Crippen LogP contribution in [0.5, 0.6) is 5.75 Å². The third-order valence-corrected chi connectivity index (χ3v) is 15.7. The molecular weight excluding hydrogens is 440 g/mol. The molecule has 0 heterocycles. The van der Waals surface area contributed by atoms with E-state index in [1.54, 1.807) is 0 Å². The van der Waals surface area contributed by atoms with E-state index < -0.39 is 4.25 Å². The molecular formula is C21H23INOP. The molecule has 0 bridgehead atoms. The zero-order valence-electron chi connectivity index (χ0n) is 14.7. The number of aromatic hydroxyl groups is 1. The summed E-state index contributed by atoms with van der Waals surface area (Å²) in [6.07, 6.45) is 2.17. The number of phenolic OH excluding ortho intramolecular Hbond substituents is 1. The van der Waals surface area contributed by atoms with Crippen molar-refractivity contribution < 1.29 is 5.11 Å². The molecule has 0 saturated heterocycles. The molecule has 0 aliphatic carbocycles. The molecule has 3 aromatic carbocycles. The molecule has 4 heteroatoms. The van der Waals surface area contributed by atoms with Crippen LogP contribution in [0.15, 0.2) is 72.1 Å². The van der Waals surface area contributed by atoms with Gasteiger partial charge in [-0.05, 0) is 0 Å². The van der Waals surface area contributed by atoms with Gasteiger partial charge in [0.1, 0.15) is 0 Å². The minimum atomic E-state index is -2.75. The van der Waals surface area contributed by atoms with Gasteiger partial charge in [0.05, 0.1) is 0 Å². The van der Waals surface area contributed by atoms with Gasteiger partial charge in [-0.3, -0.25) is 0 Å². The van der Waals surface area contributed by atoms with E-state index in [-0.39, 0.29) is 5.75 Å². The monoisotopic (exact) mass is 463 g/mol. The standard InChI is InChI=1S/C21H23INOP/c1-4-15(2)25(3,22,16-10-6-5-7-11-16)20-14-19(24)17-12-8-9-13-18(17)21(20)23/h4-14,24H,23H2,1-3H3/b15-4+. The Morgan fingerprint density at radius 1 is 1.04 bits per heavy atom. The molecule has 0 aromatic heterocycles. The normalized spacial score (nSPS) is 14.2. The number of rotatable bonds is 3. The maximum absolute atomic E-state index is 10.7. The van der Waals surface area contributed by atoms with Crippen LogP contribution < -0.4 is 16.3 Å². The number of phenols is 1. The minimum absolute atomic E-state index is 0.284. The zero-order valence-corrected chi connectivity index (χ0v) is 17.8. The number of fused-ring (bicyclic) bond motifs is 1. The Kier molecular flexibility index (Phi) is 4.59. The number of allylic oxidation sites excluding steroid dienone is 2. The van der Waals surface area contributed by atoms with Crippen LogP contribution >= 0.6 is 26.3 Å². The number of anilines is 1. The quantitative estimate of drug-likeness (QED) is 0.232. The molecule has 0 fully saturated rings. The van der Waals surface area contributed by atoms with E-state index in [1.165, 1.54) is 10.6 Å². The first-order valence-corrected chi connectivity index (χ1v) is 13.7. The Hall–Kier alpha value is -1.58. The van der Waals surface area contributed by atoms with Gasteiger partial charge < -0.3 is 0 Å². The Morgan fingerprint density at radius 3 is 2.20 bits per heavy atom. The van der Waals surface area contributed by atoms with E-state index in [1.807, 2.05) is 36.4 Å². The molecule has 0 spiro atoms. The SMILES string of the molecule is C/C=C(\C)P(C)(I)(c1ccccc1)c1cc(O)c2ccccc2c1N. The Balaban J connectivity index is 2.49. The van der Waals surface area contributed by atoms with Gasteiger partial charge in [-0.1, -0.05) is 0 Å². The van der Waals surface area contributed by atoms with Crippen molar-refractivity contribution in [2.75, 3.05) is 12.4 Å². The molecule has 25 heavy (non-hydrogen) atoms. The van der Waals surface area contributed by atoms with Crippen molar-refractivity contribution in [3.05, 3.63) is 72.1 Å². The maximum atomic E-state index is 10.7. The van der Waals surface area contributed by atoms with Gasteiger partial charge in [-0.2, -0.15) is 0 Å². The summed E-state index contributed by atoms with van der Waals surface area (Å²) in [6, 6.07) is 20.2. The molecule has 0 atom stereocenters. The predicted molar refractivity (Wildman–Crippen MR) is 122 cm³/mol. The number of hydrogen-bond acceptors (Lipinski definition) is 2. The van der Waals surface area contributed by atoms with E-state index in [0.29, 0.717) is 0 Å². The van der Waals surface area contributed by atoms with Gasteiger partial charge in [-0.15, -0.1) is 0 Å². The van der Waals surface area contributed by atoms with Crippen LogP contribution in [-0.2, 0) is 0 Å². The number of hydrogen-bond donors (Lipinski definition) is 2. The van der Waals surface area contributed by atoms with E-state index in [2.05, 4.69) is 72.9 Å². The van der Waals surface area contributed by atoms with Crippen molar-refractivity contribution in [1.82, 2.24) is 0 Å². The third kappa shape index (κ3) is 2.65. The Bertz CT molecular complexity index is 980. The van der Waals surface area contributed by atoms with Crippen LogP contribution in [0.4, 0.5) is 5.69 Å². The molecule has 0 unspecified atom stereocenters. The second-order valence-corrected chi connectivity index (χ2v) is 18.4. The van der Waals surface area contributed by atoms with Gasteiger partial charge in [0.2, 0.25) is 0 Å². The topological polar surface area (TPSA) is 46.2 Å². The molecule has 0 radical (unpaired) electrons. The molecule has 3 aromatic rings. The van der Waals surface area contributed by atoms with E-state index >= 15 is 0 Å². The molecule has 130 valence electrons. The van der Waals surface area contributed by atoms with Crippen LogP contribution in [-0.4, -0.2) is 11.8 Å². The molecule has 3 N–H and O–H groups in total. The number of nitrogen functional groups attached to an aromatic ring is 1. The summed E-state index contributed by atoms with van der Waals surface area (Å²) in [5.41, 5.74) is 7.44. The van der Waals surface area contributed by atoms with Crippen LogP contribution in [0.2, 0.25) is 0 Å². The summed E-state index contributed by atoms with van der Waals surface area (Å²) in [6.45, 7) is 6.54. The van der Waals surface area contributed by atoms with Crippen molar-refractivity contribution in [3.8, 4) is 5.75 Å². The van der Waals surface area contributed by atoms with E-state index in [0.717, 1.165) is 21.8 Å². The zero-order chi connectivity index (χ0) is 18.3.